The number of aromatic nitrogens is 3. The smallest absolute Gasteiger partial charge is 0.231 e. The topological polar surface area (TPSA) is 73.0 Å². The second-order valence-corrected chi connectivity index (χ2v) is 7.67. The molecule has 130 valence electrons. The van der Waals surface area contributed by atoms with Gasteiger partial charge in [0.05, 0.1) is 23.3 Å². The molecule has 0 unspecified atom stereocenters. The summed E-state index contributed by atoms with van der Waals surface area (Å²) in [5.74, 6) is 1.88. The van der Waals surface area contributed by atoms with Crippen molar-refractivity contribution in [1.29, 1.82) is 0 Å². The standard InChI is InChI=1S/C18H26N4O2/c1-12-9-14(21-24-12)10-17(23)19-16-11-15(13-7-5-6-8-13)20-22(16)18(2,3)4/h9,11,13H,5-8,10H2,1-4H3,(H,19,23). The van der Waals surface area contributed by atoms with E-state index in [1.165, 1.54) is 25.7 Å². The van der Waals surface area contributed by atoms with E-state index >= 15 is 0 Å². The van der Waals surface area contributed by atoms with E-state index in [0.717, 1.165) is 11.5 Å². The number of hydrogen-bond acceptors (Lipinski definition) is 4. The summed E-state index contributed by atoms with van der Waals surface area (Å²) in [6, 6.07) is 3.82. The predicted octanol–water partition coefficient (Wildman–Crippen LogP) is 3.77. The quantitative estimate of drug-likeness (QED) is 0.926. The highest BCUT2D eigenvalue weighted by atomic mass is 16.5. The lowest BCUT2D eigenvalue weighted by Crippen LogP contribution is -2.27. The summed E-state index contributed by atoms with van der Waals surface area (Å²) < 4.78 is 6.94. The zero-order chi connectivity index (χ0) is 17.3. The molecular weight excluding hydrogens is 304 g/mol. The van der Waals surface area contributed by atoms with Crippen molar-refractivity contribution >= 4 is 11.7 Å². The summed E-state index contributed by atoms with van der Waals surface area (Å²) in [7, 11) is 0. The maximum Gasteiger partial charge on any atom is 0.231 e. The molecule has 0 saturated heterocycles. The van der Waals surface area contributed by atoms with Gasteiger partial charge in [0, 0.05) is 18.1 Å². The zero-order valence-corrected chi connectivity index (χ0v) is 14.9. The second kappa shape index (κ2) is 6.42. The van der Waals surface area contributed by atoms with E-state index in [-0.39, 0.29) is 17.9 Å². The van der Waals surface area contributed by atoms with Gasteiger partial charge in [-0.1, -0.05) is 18.0 Å². The first kappa shape index (κ1) is 16.7. The number of anilines is 1. The maximum absolute atomic E-state index is 12.4. The van der Waals surface area contributed by atoms with E-state index in [4.69, 9.17) is 9.62 Å². The van der Waals surface area contributed by atoms with Crippen LogP contribution in [0.2, 0.25) is 0 Å². The van der Waals surface area contributed by atoms with Crippen molar-refractivity contribution in [3.05, 3.63) is 29.3 Å². The Labute approximate surface area is 142 Å². The third kappa shape index (κ3) is 3.68. The molecular formula is C18H26N4O2. The Morgan fingerprint density at radius 2 is 2.04 bits per heavy atom. The largest absolute Gasteiger partial charge is 0.361 e. The molecule has 0 aromatic carbocycles. The molecule has 2 heterocycles. The van der Waals surface area contributed by atoms with Crippen LogP contribution in [0.3, 0.4) is 0 Å². The third-order valence-corrected chi connectivity index (χ3v) is 4.42. The van der Waals surface area contributed by atoms with Gasteiger partial charge in [-0.2, -0.15) is 5.10 Å². The first-order valence-corrected chi connectivity index (χ1v) is 8.65. The minimum atomic E-state index is -0.191. The van der Waals surface area contributed by atoms with Crippen molar-refractivity contribution in [3.8, 4) is 0 Å². The third-order valence-electron chi connectivity index (χ3n) is 4.42. The highest BCUT2D eigenvalue weighted by Crippen LogP contribution is 2.35. The lowest BCUT2D eigenvalue weighted by Gasteiger charge is -2.22. The van der Waals surface area contributed by atoms with Crippen LogP contribution in [0.15, 0.2) is 16.7 Å². The SMILES string of the molecule is Cc1cc(CC(=O)Nc2cc(C3CCCC3)nn2C(C)(C)C)no1. The van der Waals surface area contributed by atoms with Crippen LogP contribution in [0.5, 0.6) is 0 Å². The fraction of sp³-hybridized carbons (Fsp3) is 0.611. The molecule has 3 rings (SSSR count). The molecule has 1 aliphatic rings. The van der Waals surface area contributed by atoms with E-state index in [1.54, 1.807) is 6.07 Å². The van der Waals surface area contributed by atoms with Gasteiger partial charge in [-0.05, 0) is 40.5 Å². The number of hydrogen-bond donors (Lipinski definition) is 1. The van der Waals surface area contributed by atoms with Gasteiger partial charge in [-0.25, -0.2) is 4.68 Å². The lowest BCUT2D eigenvalue weighted by atomic mass is 10.0. The minimum Gasteiger partial charge on any atom is -0.361 e. The van der Waals surface area contributed by atoms with Crippen LogP contribution in [-0.2, 0) is 16.8 Å². The van der Waals surface area contributed by atoms with E-state index in [2.05, 4.69) is 31.2 Å². The van der Waals surface area contributed by atoms with Crippen LogP contribution in [0.4, 0.5) is 5.82 Å². The van der Waals surface area contributed by atoms with Gasteiger partial charge in [-0.3, -0.25) is 4.79 Å². The van der Waals surface area contributed by atoms with E-state index in [0.29, 0.717) is 17.4 Å². The molecule has 6 heteroatoms. The normalized spacial score (nSPS) is 15.8. The Bertz CT molecular complexity index is 718. The Kier molecular flexibility index (Phi) is 4.47. The van der Waals surface area contributed by atoms with Crippen molar-refractivity contribution < 1.29 is 9.32 Å². The van der Waals surface area contributed by atoms with Crippen molar-refractivity contribution in [2.45, 2.75) is 71.3 Å². The molecule has 24 heavy (non-hydrogen) atoms. The Balaban J connectivity index is 1.78. The van der Waals surface area contributed by atoms with Gasteiger partial charge >= 0.3 is 0 Å². The van der Waals surface area contributed by atoms with Gasteiger partial charge in [0.1, 0.15) is 11.6 Å². The molecule has 6 nitrogen and oxygen atoms in total. The highest BCUT2D eigenvalue weighted by molar-refractivity contribution is 5.91. The number of nitrogens with zero attached hydrogens (tertiary/aromatic N) is 3. The van der Waals surface area contributed by atoms with Crippen LogP contribution in [-0.4, -0.2) is 20.8 Å². The second-order valence-electron chi connectivity index (χ2n) is 7.67. The van der Waals surface area contributed by atoms with Crippen LogP contribution in [0.25, 0.3) is 0 Å². The maximum atomic E-state index is 12.4. The molecule has 1 fully saturated rings. The molecule has 0 atom stereocenters. The number of nitrogens with one attached hydrogen (secondary N) is 1. The van der Waals surface area contributed by atoms with Gasteiger partial charge in [0.15, 0.2) is 0 Å². The Hall–Kier alpha value is -2.11. The summed E-state index contributed by atoms with van der Waals surface area (Å²) in [6.45, 7) is 8.09. The first-order chi connectivity index (χ1) is 11.3. The average molecular weight is 330 g/mol. The monoisotopic (exact) mass is 330 g/mol. The van der Waals surface area contributed by atoms with Crippen molar-refractivity contribution in [1.82, 2.24) is 14.9 Å². The summed E-state index contributed by atoms with van der Waals surface area (Å²) >= 11 is 0. The fourth-order valence-corrected chi connectivity index (χ4v) is 3.27. The van der Waals surface area contributed by atoms with Gasteiger partial charge in [-0.15, -0.1) is 0 Å². The minimum absolute atomic E-state index is 0.105. The number of carbonyl (C=O) groups is 1. The lowest BCUT2D eigenvalue weighted by molar-refractivity contribution is -0.115. The van der Waals surface area contributed by atoms with Crippen LogP contribution in [0.1, 0.15) is 69.5 Å². The van der Waals surface area contributed by atoms with E-state index in [1.807, 2.05) is 17.7 Å². The first-order valence-electron chi connectivity index (χ1n) is 8.65. The molecule has 0 spiro atoms. The number of rotatable bonds is 4. The summed E-state index contributed by atoms with van der Waals surface area (Å²) in [5, 5.41) is 11.7. The molecule has 0 aliphatic heterocycles. The molecule has 1 amide bonds. The summed E-state index contributed by atoms with van der Waals surface area (Å²) in [4.78, 5) is 12.4. The van der Waals surface area contributed by atoms with E-state index < -0.39 is 0 Å². The van der Waals surface area contributed by atoms with Crippen LogP contribution in [0, 0.1) is 6.92 Å². The average Bonchev–Trinajstić information content (AvgIpc) is 3.18. The summed E-state index contributed by atoms with van der Waals surface area (Å²) in [5.41, 5.74) is 1.54. The van der Waals surface area contributed by atoms with Crippen molar-refractivity contribution in [2.24, 2.45) is 0 Å². The molecule has 1 saturated carbocycles. The van der Waals surface area contributed by atoms with Crippen molar-refractivity contribution in [2.75, 3.05) is 5.32 Å². The van der Waals surface area contributed by atoms with Crippen molar-refractivity contribution in [3.63, 3.8) is 0 Å². The van der Waals surface area contributed by atoms with Gasteiger partial charge in [0.25, 0.3) is 0 Å². The number of carbonyl (C=O) groups excluding carboxylic acids is 1. The molecule has 0 radical (unpaired) electrons. The number of aryl methyl sites for hydroxylation is 1. The Morgan fingerprint density at radius 3 is 2.62 bits per heavy atom. The van der Waals surface area contributed by atoms with Crippen LogP contribution < -0.4 is 5.32 Å². The molecule has 2 aromatic rings. The van der Waals surface area contributed by atoms with Gasteiger partial charge < -0.3 is 9.84 Å². The zero-order valence-electron chi connectivity index (χ0n) is 14.9. The van der Waals surface area contributed by atoms with Crippen LogP contribution >= 0.6 is 0 Å². The molecule has 1 aliphatic carbocycles. The number of amides is 1. The van der Waals surface area contributed by atoms with Gasteiger partial charge in [0.2, 0.25) is 5.91 Å². The molecule has 1 N–H and O–H groups in total. The predicted molar refractivity (Wildman–Crippen MR) is 92.0 cm³/mol. The van der Waals surface area contributed by atoms with E-state index in [9.17, 15) is 4.79 Å². The Morgan fingerprint density at radius 1 is 1.33 bits per heavy atom. The highest BCUT2D eigenvalue weighted by Gasteiger charge is 2.26. The fourth-order valence-electron chi connectivity index (χ4n) is 3.27. The summed E-state index contributed by atoms with van der Waals surface area (Å²) in [6.07, 6.45) is 5.10. The molecule has 2 aromatic heterocycles. The molecule has 0 bridgehead atoms.